The third-order valence-electron chi connectivity index (χ3n) is 4.13. The SMILES string of the molecule is COc1ccc(NC(=O)CN2C(=O)S/C(=C/c3cc(OC)c(O)cc3Br)C2=O)cc1. The number of thioether (sulfide) groups is 1. The van der Waals surface area contributed by atoms with Crippen molar-refractivity contribution in [3.05, 3.63) is 51.3 Å². The highest BCUT2D eigenvalue weighted by atomic mass is 79.9. The summed E-state index contributed by atoms with van der Waals surface area (Å²) >= 11 is 4.04. The van der Waals surface area contributed by atoms with Crippen molar-refractivity contribution in [2.75, 3.05) is 26.1 Å². The number of benzene rings is 2. The van der Waals surface area contributed by atoms with Gasteiger partial charge in [0.15, 0.2) is 11.5 Å². The van der Waals surface area contributed by atoms with E-state index in [1.165, 1.54) is 32.4 Å². The molecule has 8 nitrogen and oxygen atoms in total. The van der Waals surface area contributed by atoms with Crippen LogP contribution in [0.3, 0.4) is 0 Å². The van der Waals surface area contributed by atoms with E-state index in [9.17, 15) is 19.5 Å². The van der Waals surface area contributed by atoms with Gasteiger partial charge in [0.2, 0.25) is 5.91 Å². The van der Waals surface area contributed by atoms with Gasteiger partial charge in [0.05, 0.1) is 19.1 Å². The maximum atomic E-state index is 12.6. The van der Waals surface area contributed by atoms with E-state index in [1.807, 2.05) is 0 Å². The van der Waals surface area contributed by atoms with Crippen molar-refractivity contribution in [2.24, 2.45) is 0 Å². The topological polar surface area (TPSA) is 105 Å². The Morgan fingerprint density at radius 3 is 2.53 bits per heavy atom. The Morgan fingerprint density at radius 2 is 1.90 bits per heavy atom. The molecule has 0 bridgehead atoms. The van der Waals surface area contributed by atoms with Gasteiger partial charge < -0.3 is 19.9 Å². The Kier molecular flexibility index (Phi) is 6.68. The van der Waals surface area contributed by atoms with Gasteiger partial charge in [0.25, 0.3) is 11.1 Å². The summed E-state index contributed by atoms with van der Waals surface area (Å²) in [6, 6.07) is 9.63. The standard InChI is InChI=1S/C20H17BrN2O6S/c1-28-13-5-3-12(4-6-13)22-18(25)10-23-19(26)17(30-20(23)27)8-11-7-16(29-2)15(24)9-14(11)21/h3-9,24H,10H2,1-2H3,(H,22,25)/b17-8+. The van der Waals surface area contributed by atoms with Gasteiger partial charge >= 0.3 is 0 Å². The van der Waals surface area contributed by atoms with Crippen molar-refractivity contribution < 1.29 is 29.0 Å². The first-order chi connectivity index (χ1) is 14.3. The molecule has 1 heterocycles. The fraction of sp³-hybridized carbons (Fsp3) is 0.150. The number of hydrogen-bond donors (Lipinski definition) is 2. The van der Waals surface area contributed by atoms with E-state index >= 15 is 0 Å². The molecule has 0 spiro atoms. The number of phenols is 1. The molecule has 3 amide bonds. The lowest BCUT2D eigenvalue weighted by atomic mass is 10.2. The van der Waals surface area contributed by atoms with E-state index < -0.39 is 23.6 Å². The molecule has 3 rings (SSSR count). The predicted octanol–water partition coefficient (Wildman–Crippen LogP) is 3.85. The van der Waals surface area contributed by atoms with Gasteiger partial charge in [0.1, 0.15) is 12.3 Å². The average Bonchev–Trinajstić information content (AvgIpc) is 2.98. The minimum atomic E-state index is -0.575. The Labute approximate surface area is 185 Å². The zero-order valence-electron chi connectivity index (χ0n) is 16.0. The van der Waals surface area contributed by atoms with Crippen LogP contribution in [0.5, 0.6) is 17.2 Å². The van der Waals surface area contributed by atoms with Crippen molar-refractivity contribution in [2.45, 2.75) is 0 Å². The van der Waals surface area contributed by atoms with Crippen LogP contribution in [0.1, 0.15) is 5.56 Å². The Morgan fingerprint density at radius 1 is 1.20 bits per heavy atom. The van der Waals surface area contributed by atoms with Crippen molar-refractivity contribution in [3.8, 4) is 17.2 Å². The number of carbonyl (C=O) groups is 3. The van der Waals surface area contributed by atoms with Gasteiger partial charge in [-0.2, -0.15) is 0 Å². The van der Waals surface area contributed by atoms with E-state index in [1.54, 1.807) is 24.3 Å². The van der Waals surface area contributed by atoms with Crippen molar-refractivity contribution >= 4 is 56.5 Å². The molecule has 0 unspecified atom stereocenters. The number of amides is 3. The lowest BCUT2D eigenvalue weighted by Crippen LogP contribution is -2.36. The molecular formula is C20H17BrN2O6S. The number of halogens is 1. The minimum Gasteiger partial charge on any atom is -0.504 e. The number of anilines is 1. The number of nitrogens with zero attached hydrogens (tertiary/aromatic N) is 1. The molecular weight excluding hydrogens is 476 g/mol. The molecule has 2 aromatic rings. The molecule has 0 radical (unpaired) electrons. The highest BCUT2D eigenvalue weighted by Gasteiger charge is 2.36. The molecule has 0 aliphatic carbocycles. The summed E-state index contributed by atoms with van der Waals surface area (Å²) in [6.07, 6.45) is 1.50. The molecule has 1 fully saturated rings. The monoisotopic (exact) mass is 492 g/mol. The second-order valence-corrected chi connectivity index (χ2v) is 7.94. The lowest BCUT2D eigenvalue weighted by molar-refractivity contribution is -0.127. The number of hydrogen-bond acceptors (Lipinski definition) is 7. The molecule has 2 N–H and O–H groups in total. The summed E-state index contributed by atoms with van der Waals surface area (Å²) < 4.78 is 10.6. The van der Waals surface area contributed by atoms with Crippen LogP contribution in [0.25, 0.3) is 6.08 Å². The summed E-state index contributed by atoms with van der Waals surface area (Å²) in [5.41, 5.74) is 1.06. The number of rotatable bonds is 6. The largest absolute Gasteiger partial charge is 0.504 e. The maximum absolute atomic E-state index is 12.6. The second kappa shape index (κ2) is 9.23. The molecule has 30 heavy (non-hydrogen) atoms. The van der Waals surface area contributed by atoms with E-state index in [0.717, 1.165) is 16.7 Å². The van der Waals surface area contributed by atoms with Crippen molar-refractivity contribution in [1.82, 2.24) is 4.90 Å². The maximum Gasteiger partial charge on any atom is 0.294 e. The van der Waals surface area contributed by atoms with Crippen molar-refractivity contribution in [3.63, 3.8) is 0 Å². The zero-order valence-corrected chi connectivity index (χ0v) is 18.4. The third-order valence-corrected chi connectivity index (χ3v) is 5.73. The fourth-order valence-corrected chi connectivity index (χ4v) is 3.90. The van der Waals surface area contributed by atoms with E-state index in [2.05, 4.69) is 21.2 Å². The summed E-state index contributed by atoms with van der Waals surface area (Å²) in [4.78, 5) is 38.2. The lowest BCUT2D eigenvalue weighted by Gasteiger charge is -2.12. The van der Waals surface area contributed by atoms with Crippen LogP contribution in [0, 0.1) is 0 Å². The van der Waals surface area contributed by atoms with Gasteiger partial charge in [-0.05, 0) is 59.8 Å². The van der Waals surface area contributed by atoms with Gasteiger partial charge in [-0.15, -0.1) is 0 Å². The Hall–Kier alpha value is -2.98. The minimum absolute atomic E-state index is 0.0650. The number of phenolic OH excluding ortho intramolecular Hbond substituents is 1. The van der Waals surface area contributed by atoms with Crippen LogP contribution < -0.4 is 14.8 Å². The predicted molar refractivity (Wildman–Crippen MR) is 117 cm³/mol. The molecule has 10 heteroatoms. The first kappa shape index (κ1) is 21.7. The van der Waals surface area contributed by atoms with Gasteiger partial charge in [0, 0.05) is 10.2 Å². The summed E-state index contributed by atoms with van der Waals surface area (Å²) in [5, 5.41) is 11.9. The van der Waals surface area contributed by atoms with Crippen LogP contribution in [-0.2, 0) is 9.59 Å². The first-order valence-corrected chi connectivity index (χ1v) is 10.2. The normalized spacial score (nSPS) is 14.9. The fourth-order valence-electron chi connectivity index (χ4n) is 2.63. The van der Waals surface area contributed by atoms with Crippen LogP contribution in [0.15, 0.2) is 45.8 Å². The molecule has 1 aliphatic rings. The number of methoxy groups -OCH3 is 2. The van der Waals surface area contributed by atoms with Crippen LogP contribution in [0.2, 0.25) is 0 Å². The zero-order chi connectivity index (χ0) is 21.8. The molecule has 2 aromatic carbocycles. The quantitative estimate of drug-likeness (QED) is 0.589. The van der Waals surface area contributed by atoms with Gasteiger partial charge in [-0.3, -0.25) is 19.3 Å². The number of ether oxygens (including phenoxy) is 2. The molecule has 1 aliphatic heterocycles. The Balaban J connectivity index is 1.72. The molecule has 0 atom stereocenters. The van der Waals surface area contributed by atoms with E-state index in [0.29, 0.717) is 21.5 Å². The second-order valence-electron chi connectivity index (χ2n) is 6.09. The average molecular weight is 493 g/mol. The molecule has 1 saturated heterocycles. The smallest absolute Gasteiger partial charge is 0.294 e. The summed E-state index contributed by atoms with van der Waals surface area (Å²) in [5.74, 6) is -0.279. The first-order valence-electron chi connectivity index (χ1n) is 8.58. The molecule has 0 aromatic heterocycles. The molecule has 0 saturated carbocycles. The van der Waals surface area contributed by atoms with Crippen LogP contribution in [0.4, 0.5) is 10.5 Å². The van der Waals surface area contributed by atoms with E-state index in [-0.39, 0.29) is 16.4 Å². The molecule has 156 valence electrons. The number of imide groups is 1. The van der Waals surface area contributed by atoms with Crippen molar-refractivity contribution in [1.29, 1.82) is 0 Å². The number of nitrogens with one attached hydrogen (secondary N) is 1. The highest BCUT2D eigenvalue weighted by Crippen LogP contribution is 2.37. The summed E-state index contributed by atoms with van der Waals surface area (Å²) in [7, 11) is 2.94. The summed E-state index contributed by atoms with van der Waals surface area (Å²) in [6.45, 7) is -0.409. The number of aromatic hydroxyl groups is 1. The van der Waals surface area contributed by atoms with Gasteiger partial charge in [-0.25, -0.2) is 0 Å². The van der Waals surface area contributed by atoms with Crippen LogP contribution in [-0.4, -0.2) is 47.8 Å². The third kappa shape index (κ3) is 4.77. The van der Waals surface area contributed by atoms with E-state index in [4.69, 9.17) is 9.47 Å². The number of carbonyl (C=O) groups excluding carboxylic acids is 3. The van der Waals surface area contributed by atoms with Gasteiger partial charge in [-0.1, -0.05) is 15.9 Å². The van der Waals surface area contributed by atoms with Crippen LogP contribution >= 0.6 is 27.7 Å². The Bertz CT molecular complexity index is 1040. The highest BCUT2D eigenvalue weighted by molar-refractivity contribution is 9.10.